The summed E-state index contributed by atoms with van der Waals surface area (Å²) in [6.07, 6.45) is 1.12. The molecule has 0 atom stereocenters. The molecule has 2 aromatic carbocycles. The molecule has 3 rings (SSSR count). The highest BCUT2D eigenvalue weighted by molar-refractivity contribution is 5.94. The maximum atomic E-state index is 12.0. The minimum atomic E-state index is 0.0109. The van der Waals surface area contributed by atoms with Gasteiger partial charge in [0.25, 0.3) is 5.91 Å². The molecule has 0 saturated carbocycles. The number of amides is 1. The molecular weight excluding hydrogens is 284 g/mol. The van der Waals surface area contributed by atoms with Crippen molar-refractivity contribution in [3.63, 3.8) is 0 Å². The predicted molar refractivity (Wildman–Crippen MR) is 94.8 cm³/mol. The van der Waals surface area contributed by atoms with Crippen LogP contribution in [0.1, 0.15) is 35.3 Å². The number of hydrogen-bond acceptors (Lipinski definition) is 2. The standard InChI is InChI=1S/C20H24N2O/c1-15(2)13-21-20(23)18-9-7-16(8-10-18)14-22-12-11-17-5-3-4-6-19(17)22/h3-10,15H,11-14H2,1-2H3,(H,21,23). The van der Waals surface area contributed by atoms with Gasteiger partial charge in [-0.1, -0.05) is 44.2 Å². The van der Waals surface area contributed by atoms with Crippen molar-refractivity contribution in [2.24, 2.45) is 5.92 Å². The first-order valence-electron chi connectivity index (χ1n) is 8.33. The summed E-state index contributed by atoms with van der Waals surface area (Å²) in [6, 6.07) is 16.6. The van der Waals surface area contributed by atoms with E-state index in [9.17, 15) is 4.79 Å². The van der Waals surface area contributed by atoms with E-state index >= 15 is 0 Å². The van der Waals surface area contributed by atoms with Gasteiger partial charge in [-0.3, -0.25) is 4.79 Å². The first kappa shape index (κ1) is 15.6. The number of rotatable bonds is 5. The fraction of sp³-hybridized carbons (Fsp3) is 0.350. The van der Waals surface area contributed by atoms with Gasteiger partial charge in [0.1, 0.15) is 0 Å². The molecule has 23 heavy (non-hydrogen) atoms. The van der Waals surface area contributed by atoms with Gasteiger partial charge in [-0.25, -0.2) is 0 Å². The zero-order valence-corrected chi connectivity index (χ0v) is 13.9. The summed E-state index contributed by atoms with van der Waals surface area (Å²) < 4.78 is 0. The van der Waals surface area contributed by atoms with Crippen LogP contribution in [0.2, 0.25) is 0 Å². The lowest BCUT2D eigenvalue weighted by molar-refractivity contribution is 0.0949. The molecule has 0 bridgehead atoms. The molecule has 0 radical (unpaired) electrons. The second kappa shape index (κ2) is 6.86. The minimum absolute atomic E-state index is 0.0109. The lowest BCUT2D eigenvalue weighted by Gasteiger charge is -2.19. The first-order valence-corrected chi connectivity index (χ1v) is 8.33. The summed E-state index contributed by atoms with van der Waals surface area (Å²) in [5.41, 5.74) is 4.74. The molecule has 1 heterocycles. The summed E-state index contributed by atoms with van der Waals surface area (Å²) in [6.45, 7) is 6.86. The van der Waals surface area contributed by atoms with Gasteiger partial charge in [0.2, 0.25) is 0 Å². The van der Waals surface area contributed by atoms with Gasteiger partial charge >= 0.3 is 0 Å². The van der Waals surface area contributed by atoms with Crippen LogP contribution >= 0.6 is 0 Å². The lowest BCUT2D eigenvalue weighted by atomic mass is 10.1. The van der Waals surface area contributed by atoms with Crippen molar-refractivity contribution in [2.45, 2.75) is 26.8 Å². The number of anilines is 1. The Balaban J connectivity index is 1.63. The number of carbonyl (C=O) groups is 1. The Morgan fingerprint density at radius 3 is 2.61 bits per heavy atom. The Kier molecular flexibility index (Phi) is 4.65. The SMILES string of the molecule is CC(C)CNC(=O)c1ccc(CN2CCc3ccccc32)cc1. The fourth-order valence-electron chi connectivity index (χ4n) is 2.95. The van der Waals surface area contributed by atoms with Crippen molar-refractivity contribution in [2.75, 3.05) is 18.0 Å². The average molecular weight is 308 g/mol. The largest absolute Gasteiger partial charge is 0.367 e. The van der Waals surface area contributed by atoms with Crippen molar-refractivity contribution < 1.29 is 4.79 Å². The van der Waals surface area contributed by atoms with E-state index in [1.54, 1.807) is 0 Å². The van der Waals surface area contributed by atoms with Gasteiger partial charge in [0.05, 0.1) is 0 Å². The van der Waals surface area contributed by atoms with E-state index in [1.807, 2.05) is 12.1 Å². The third-order valence-electron chi connectivity index (χ3n) is 4.24. The van der Waals surface area contributed by atoms with Gasteiger partial charge in [-0.05, 0) is 41.7 Å². The van der Waals surface area contributed by atoms with E-state index in [0.29, 0.717) is 12.5 Å². The normalized spacial score (nSPS) is 13.3. The number of fused-ring (bicyclic) bond motifs is 1. The Bertz CT molecular complexity index is 676. The highest BCUT2D eigenvalue weighted by Crippen LogP contribution is 2.28. The lowest BCUT2D eigenvalue weighted by Crippen LogP contribution is -2.27. The second-order valence-electron chi connectivity index (χ2n) is 6.60. The van der Waals surface area contributed by atoms with Crippen molar-refractivity contribution in [1.29, 1.82) is 0 Å². The average Bonchev–Trinajstić information content (AvgIpc) is 2.96. The minimum Gasteiger partial charge on any atom is -0.367 e. The number of hydrogen-bond donors (Lipinski definition) is 1. The van der Waals surface area contributed by atoms with Crippen LogP contribution in [0.15, 0.2) is 48.5 Å². The summed E-state index contributed by atoms with van der Waals surface area (Å²) >= 11 is 0. The maximum Gasteiger partial charge on any atom is 0.251 e. The van der Waals surface area contributed by atoms with E-state index in [-0.39, 0.29) is 5.91 Å². The van der Waals surface area contributed by atoms with Crippen molar-refractivity contribution >= 4 is 11.6 Å². The molecule has 0 unspecified atom stereocenters. The third-order valence-corrected chi connectivity index (χ3v) is 4.24. The van der Waals surface area contributed by atoms with Crippen molar-refractivity contribution in [1.82, 2.24) is 5.32 Å². The van der Waals surface area contributed by atoms with E-state index in [2.05, 4.69) is 60.5 Å². The van der Waals surface area contributed by atoms with Crippen molar-refractivity contribution in [3.8, 4) is 0 Å². The van der Waals surface area contributed by atoms with Gasteiger partial charge in [-0.2, -0.15) is 0 Å². The number of benzene rings is 2. The summed E-state index contributed by atoms with van der Waals surface area (Å²) in [5, 5.41) is 2.95. The topological polar surface area (TPSA) is 32.3 Å². The third kappa shape index (κ3) is 3.73. The van der Waals surface area contributed by atoms with Crippen LogP contribution in [0, 0.1) is 5.92 Å². The highest BCUT2D eigenvalue weighted by atomic mass is 16.1. The molecule has 0 aliphatic carbocycles. The Morgan fingerprint density at radius 2 is 1.87 bits per heavy atom. The van der Waals surface area contributed by atoms with Gasteiger partial charge in [-0.15, -0.1) is 0 Å². The molecule has 120 valence electrons. The molecule has 2 aromatic rings. The molecule has 1 aliphatic heterocycles. The highest BCUT2D eigenvalue weighted by Gasteiger charge is 2.18. The summed E-state index contributed by atoms with van der Waals surface area (Å²) in [5.74, 6) is 0.477. The number of nitrogens with one attached hydrogen (secondary N) is 1. The van der Waals surface area contributed by atoms with Gasteiger partial charge < -0.3 is 10.2 Å². The zero-order chi connectivity index (χ0) is 16.2. The van der Waals surface area contributed by atoms with Crippen LogP contribution in [0.25, 0.3) is 0 Å². The molecule has 0 saturated heterocycles. The molecular formula is C20H24N2O. The van der Waals surface area contributed by atoms with Crippen molar-refractivity contribution in [3.05, 3.63) is 65.2 Å². The smallest absolute Gasteiger partial charge is 0.251 e. The van der Waals surface area contributed by atoms with E-state index in [1.165, 1.54) is 16.8 Å². The Hall–Kier alpha value is -2.29. The number of para-hydroxylation sites is 1. The molecule has 0 aromatic heterocycles. The van der Waals surface area contributed by atoms with Crippen LogP contribution < -0.4 is 10.2 Å². The molecule has 3 heteroatoms. The van der Waals surface area contributed by atoms with Gasteiger partial charge in [0, 0.05) is 30.9 Å². The van der Waals surface area contributed by atoms with E-state index in [0.717, 1.165) is 25.1 Å². The van der Waals surface area contributed by atoms with Crippen LogP contribution in [0.5, 0.6) is 0 Å². The van der Waals surface area contributed by atoms with Crippen LogP contribution in [-0.2, 0) is 13.0 Å². The Labute approximate surface area is 138 Å². The van der Waals surface area contributed by atoms with E-state index in [4.69, 9.17) is 0 Å². The maximum absolute atomic E-state index is 12.0. The molecule has 0 spiro atoms. The fourth-order valence-corrected chi connectivity index (χ4v) is 2.95. The van der Waals surface area contributed by atoms with Crippen LogP contribution in [-0.4, -0.2) is 19.0 Å². The molecule has 1 aliphatic rings. The summed E-state index contributed by atoms with van der Waals surface area (Å²) in [7, 11) is 0. The zero-order valence-electron chi connectivity index (χ0n) is 13.9. The Morgan fingerprint density at radius 1 is 1.13 bits per heavy atom. The van der Waals surface area contributed by atoms with E-state index < -0.39 is 0 Å². The first-order chi connectivity index (χ1) is 11.1. The molecule has 1 N–H and O–H groups in total. The molecule has 0 fully saturated rings. The predicted octanol–water partition coefficient (Wildman–Crippen LogP) is 3.64. The molecule has 1 amide bonds. The number of nitrogens with zero attached hydrogens (tertiary/aromatic N) is 1. The van der Waals surface area contributed by atoms with Crippen LogP contribution in [0.4, 0.5) is 5.69 Å². The van der Waals surface area contributed by atoms with Gasteiger partial charge in [0.15, 0.2) is 0 Å². The second-order valence-corrected chi connectivity index (χ2v) is 6.60. The monoisotopic (exact) mass is 308 g/mol. The number of carbonyl (C=O) groups excluding carboxylic acids is 1. The summed E-state index contributed by atoms with van der Waals surface area (Å²) in [4.78, 5) is 14.5. The van der Waals surface area contributed by atoms with Crippen LogP contribution in [0.3, 0.4) is 0 Å². The quantitative estimate of drug-likeness (QED) is 0.914. The molecule has 3 nitrogen and oxygen atoms in total.